The Hall–Kier alpha value is -2.94. The van der Waals surface area contributed by atoms with Crippen LogP contribution in [0, 0.1) is 17.8 Å². The van der Waals surface area contributed by atoms with Gasteiger partial charge in [-0.15, -0.1) is 5.10 Å². The lowest BCUT2D eigenvalue weighted by molar-refractivity contribution is -0.152. The van der Waals surface area contributed by atoms with Gasteiger partial charge in [0, 0.05) is 31.2 Å². The third-order valence-corrected chi connectivity index (χ3v) is 7.62. The number of piperidine rings is 4. The van der Waals surface area contributed by atoms with E-state index in [1.165, 1.54) is 7.11 Å². The predicted molar refractivity (Wildman–Crippen MR) is 120 cm³/mol. The quantitative estimate of drug-likeness (QED) is 0.689. The number of carbonyl (C=O) groups excluding carboxylic acids is 2. The summed E-state index contributed by atoms with van der Waals surface area (Å²) in [4.78, 5) is 29.4. The maximum absolute atomic E-state index is 13.3. The first-order valence-electron chi connectivity index (χ1n) is 11.8. The highest BCUT2D eigenvalue weighted by atomic mass is 16.5. The van der Waals surface area contributed by atoms with Crippen LogP contribution in [0.4, 0.5) is 0 Å². The Morgan fingerprint density at radius 1 is 1.18 bits per heavy atom. The maximum atomic E-state index is 13.3. The van der Waals surface area contributed by atoms with Crippen molar-refractivity contribution in [2.45, 2.75) is 38.3 Å². The van der Waals surface area contributed by atoms with Crippen molar-refractivity contribution in [3.63, 3.8) is 0 Å². The fourth-order valence-corrected chi connectivity index (χ4v) is 5.75. The summed E-state index contributed by atoms with van der Waals surface area (Å²) in [5.74, 6) is 0.653. The van der Waals surface area contributed by atoms with Crippen LogP contribution in [0.25, 0.3) is 11.3 Å². The first-order chi connectivity index (χ1) is 16.0. The van der Waals surface area contributed by atoms with Crippen molar-refractivity contribution in [3.8, 4) is 17.0 Å². The molecule has 4 saturated heterocycles. The number of nitrogens with zero attached hydrogens (tertiary/aromatic N) is 5. The Morgan fingerprint density at radius 2 is 2.00 bits per heavy atom. The molecule has 0 spiro atoms. The summed E-state index contributed by atoms with van der Waals surface area (Å²) in [7, 11) is 1.43. The molecular weight excluding hydrogens is 422 g/mol. The summed E-state index contributed by atoms with van der Waals surface area (Å²) in [5, 5.41) is 18.3. The van der Waals surface area contributed by atoms with Crippen molar-refractivity contribution >= 4 is 11.9 Å². The third kappa shape index (κ3) is 4.46. The van der Waals surface area contributed by atoms with Gasteiger partial charge in [-0.3, -0.25) is 19.2 Å². The van der Waals surface area contributed by atoms with Gasteiger partial charge in [-0.05, 0) is 50.3 Å². The number of benzene rings is 1. The number of esters is 1. The van der Waals surface area contributed by atoms with Gasteiger partial charge in [-0.2, -0.15) is 0 Å². The van der Waals surface area contributed by atoms with Gasteiger partial charge in [-0.25, -0.2) is 0 Å². The van der Waals surface area contributed by atoms with E-state index in [9.17, 15) is 14.7 Å². The Kier molecular flexibility index (Phi) is 6.05. The zero-order valence-electron chi connectivity index (χ0n) is 19.0. The van der Waals surface area contributed by atoms with Crippen LogP contribution in [-0.2, 0) is 20.9 Å². The number of amides is 1. The number of hydrogen-bond donors (Lipinski definition) is 1. The SMILES string of the molecule is COC(=O)C1CCN(C(=O)[C@@H]2CN3CC[C@@H]2C[C@@H]3Cn2cc(-c3cccc(O)c3)nn2)CC1. The Balaban J connectivity index is 1.18. The molecule has 1 aromatic heterocycles. The van der Waals surface area contributed by atoms with Crippen LogP contribution in [-0.4, -0.2) is 81.1 Å². The molecule has 4 aliphatic heterocycles. The molecule has 2 aromatic rings. The molecule has 9 nitrogen and oxygen atoms in total. The number of aromatic hydroxyl groups is 1. The van der Waals surface area contributed by atoms with Crippen LogP contribution in [0.1, 0.15) is 25.7 Å². The lowest BCUT2D eigenvalue weighted by atomic mass is 9.74. The summed E-state index contributed by atoms with van der Waals surface area (Å²) in [6, 6.07) is 7.37. The second-order valence-corrected chi connectivity index (χ2v) is 9.54. The van der Waals surface area contributed by atoms with E-state index in [1.54, 1.807) is 18.2 Å². The fourth-order valence-electron chi connectivity index (χ4n) is 5.75. The molecule has 0 radical (unpaired) electrons. The molecule has 176 valence electrons. The largest absolute Gasteiger partial charge is 0.508 e. The number of ether oxygens (including phenoxy) is 1. The molecule has 33 heavy (non-hydrogen) atoms. The monoisotopic (exact) mass is 453 g/mol. The first-order valence-corrected chi connectivity index (χ1v) is 11.8. The second kappa shape index (κ2) is 9.13. The summed E-state index contributed by atoms with van der Waals surface area (Å²) < 4.78 is 6.74. The molecule has 1 aromatic carbocycles. The van der Waals surface area contributed by atoms with Crippen LogP contribution in [0.15, 0.2) is 30.5 Å². The lowest BCUT2D eigenvalue weighted by Crippen LogP contribution is -2.59. The normalized spacial score (nSPS) is 27.5. The fraction of sp³-hybridized carbons (Fsp3) is 0.583. The molecule has 4 atom stereocenters. The van der Waals surface area contributed by atoms with Crippen molar-refractivity contribution in [2.24, 2.45) is 17.8 Å². The average Bonchev–Trinajstić information content (AvgIpc) is 3.32. The van der Waals surface area contributed by atoms with Crippen molar-refractivity contribution in [2.75, 3.05) is 33.3 Å². The Morgan fingerprint density at radius 3 is 2.70 bits per heavy atom. The number of aromatic nitrogens is 3. The molecule has 1 N–H and O–H groups in total. The Labute approximate surface area is 193 Å². The predicted octanol–water partition coefficient (Wildman–Crippen LogP) is 1.77. The smallest absolute Gasteiger partial charge is 0.308 e. The second-order valence-electron chi connectivity index (χ2n) is 9.54. The van der Waals surface area contributed by atoms with Gasteiger partial charge >= 0.3 is 5.97 Å². The molecule has 0 saturated carbocycles. The summed E-state index contributed by atoms with van der Waals surface area (Å²) in [5.41, 5.74) is 1.58. The van der Waals surface area contributed by atoms with Crippen molar-refractivity contribution in [1.29, 1.82) is 0 Å². The Bertz CT molecular complexity index is 1020. The van der Waals surface area contributed by atoms with Crippen molar-refractivity contribution in [1.82, 2.24) is 24.8 Å². The minimum Gasteiger partial charge on any atom is -0.508 e. The highest BCUT2D eigenvalue weighted by Crippen LogP contribution is 2.38. The molecule has 2 bridgehead atoms. The number of rotatable bonds is 5. The zero-order chi connectivity index (χ0) is 22.9. The number of fused-ring (bicyclic) bond motifs is 3. The standard InChI is InChI=1S/C24H31N5O4/c1-33-24(32)16-5-8-27(9-6-16)23(31)21-14-28-10-7-17(21)11-19(28)13-29-15-22(25-26-29)18-3-2-4-20(30)12-18/h2-4,12,15-17,19,21,30H,5-11,13-14H2,1H3/t17-,19-,21-/m1/s1. The van der Waals surface area contributed by atoms with Gasteiger partial charge < -0.3 is 14.7 Å². The van der Waals surface area contributed by atoms with Crippen LogP contribution in [0.5, 0.6) is 5.75 Å². The molecule has 9 heteroatoms. The third-order valence-electron chi connectivity index (χ3n) is 7.62. The van der Waals surface area contributed by atoms with Crippen molar-refractivity contribution in [3.05, 3.63) is 30.5 Å². The molecule has 5 heterocycles. The van der Waals surface area contributed by atoms with Crippen LogP contribution < -0.4 is 0 Å². The highest BCUT2D eigenvalue weighted by Gasteiger charge is 2.45. The number of phenolic OH excluding ortho intramolecular Hbond substituents is 1. The lowest BCUT2D eigenvalue weighted by Gasteiger charge is -2.50. The van der Waals surface area contributed by atoms with Crippen molar-refractivity contribution < 1.29 is 19.4 Å². The van der Waals surface area contributed by atoms with E-state index in [0.717, 1.165) is 43.7 Å². The first kappa shape index (κ1) is 21.9. The van der Waals surface area contributed by atoms with E-state index < -0.39 is 0 Å². The molecular formula is C24H31N5O4. The molecule has 4 fully saturated rings. The zero-order valence-corrected chi connectivity index (χ0v) is 19.0. The highest BCUT2D eigenvalue weighted by molar-refractivity contribution is 5.80. The molecule has 6 rings (SSSR count). The van der Waals surface area contributed by atoms with E-state index in [0.29, 0.717) is 37.9 Å². The van der Waals surface area contributed by atoms with E-state index in [4.69, 9.17) is 4.74 Å². The number of likely N-dealkylation sites (tertiary alicyclic amines) is 1. The maximum Gasteiger partial charge on any atom is 0.308 e. The topological polar surface area (TPSA) is 101 Å². The molecule has 0 aliphatic carbocycles. The van der Waals surface area contributed by atoms with E-state index in [1.807, 2.05) is 21.8 Å². The van der Waals surface area contributed by atoms with E-state index in [-0.39, 0.29) is 29.5 Å². The van der Waals surface area contributed by atoms with Gasteiger partial charge in [-0.1, -0.05) is 17.3 Å². The number of hydrogen-bond acceptors (Lipinski definition) is 7. The van der Waals surface area contributed by atoms with Gasteiger partial charge in [0.25, 0.3) is 0 Å². The minimum atomic E-state index is -0.159. The summed E-state index contributed by atoms with van der Waals surface area (Å²) >= 11 is 0. The van der Waals surface area contributed by atoms with E-state index in [2.05, 4.69) is 15.2 Å². The minimum absolute atomic E-state index is 0.0447. The van der Waals surface area contributed by atoms with E-state index >= 15 is 0 Å². The van der Waals surface area contributed by atoms with Crippen LogP contribution in [0.3, 0.4) is 0 Å². The molecule has 1 unspecified atom stereocenters. The van der Waals surface area contributed by atoms with Crippen LogP contribution in [0.2, 0.25) is 0 Å². The van der Waals surface area contributed by atoms with Crippen LogP contribution >= 0.6 is 0 Å². The number of phenols is 1. The number of methoxy groups -OCH3 is 1. The molecule has 1 amide bonds. The van der Waals surface area contributed by atoms with Gasteiger partial charge in [0.1, 0.15) is 11.4 Å². The number of carbonyl (C=O) groups is 2. The van der Waals surface area contributed by atoms with Gasteiger partial charge in [0.2, 0.25) is 5.91 Å². The van der Waals surface area contributed by atoms with Gasteiger partial charge in [0.15, 0.2) is 0 Å². The molecule has 4 aliphatic rings. The average molecular weight is 454 g/mol. The van der Waals surface area contributed by atoms with Gasteiger partial charge in [0.05, 0.1) is 31.7 Å². The summed E-state index contributed by atoms with van der Waals surface area (Å²) in [6.45, 7) is 3.83. The summed E-state index contributed by atoms with van der Waals surface area (Å²) in [6.07, 6.45) is 5.34.